The fourth-order valence-corrected chi connectivity index (χ4v) is 1.92. The number of aromatic nitrogens is 1. The lowest BCUT2D eigenvalue weighted by Crippen LogP contribution is -2.45. The number of nitrogens with zero attached hydrogens (tertiary/aromatic N) is 2. The second-order valence-electron chi connectivity index (χ2n) is 3.84. The SMILES string of the molecule is Cc1[c]nccc1N1CCCCC1(F)F. The fourth-order valence-electron chi connectivity index (χ4n) is 1.92. The lowest BCUT2D eigenvalue weighted by molar-refractivity contribution is -0.0249. The van der Waals surface area contributed by atoms with Crippen LogP contribution in [0.15, 0.2) is 12.3 Å². The molecule has 2 heterocycles. The Labute approximate surface area is 87.9 Å². The lowest BCUT2D eigenvalue weighted by atomic mass is 10.1. The second kappa shape index (κ2) is 3.76. The molecule has 2 rings (SSSR count). The first-order valence-electron chi connectivity index (χ1n) is 5.10. The number of halogens is 2. The van der Waals surface area contributed by atoms with Gasteiger partial charge in [0.1, 0.15) is 0 Å². The van der Waals surface area contributed by atoms with Gasteiger partial charge in [0.2, 0.25) is 0 Å². The van der Waals surface area contributed by atoms with E-state index < -0.39 is 6.05 Å². The molecule has 1 saturated heterocycles. The molecule has 2 nitrogen and oxygen atoms in total. The van der Waals surface area contributed by atoms with E-state index in [2.05, 4.69) is 11.2 Å². The number of rotatable bonds is 1. The highest BCUT2D eigenvalue weighted by Gasteiger charge is 2.39. The Morgan fingerprint density at radius 3 is 2.93 bits per heavy atom. The third-order valence-electron chi connectivity index (χ3n) is 2.72. The maximum Gasteiger partial charge on any atom is 0.325 e. The summed E-state index contributed by atoms with van der Waals surface area (Å²) in [5, 5.41) is 0. The Morgan fingerprint density at radius 2 is 2.27 bits per heavy atom. The Hall–Kier alpha value is -1.19. The van der Waals surface area contributed by atoms with Gasteiger partial charge < -0.3 is 4.90 Å². The fraction of sp³-hybridized carbons (Fsp3) is 0.545. The van der Waals surface area contributed by atoms with Crippen molar-refractivity contribution in [1.82, 2.24) is 4.98 Å². The van der Waals surface area contributed by atoms with Gasteiger partial charge in [-0.3, -0.25) is 4.98 Å². The first-order valence-corrected chi connectivity index (χ1v) is 5.10. The van der Waals surface area contributed by atoms with Crippen molar-refractivity contribution in [3.05, 3.63) is 24.0 Å². The van der Waals surface area contributed by atoms with Crippen molar-refractivity contribution < 1.29 is 8.78 Å². The minimum Gasteiger partial charge on any atom is -0.313 e. The van der Waals surface area contributed by atoms with Crippen LogP contribution in [0.2, 0.25) is 0 Å². The highest BCUT2D eigenvalue weighted by atomic mass is 19.3. The average molecular weight is 211 g/mol. The Balaban J connectivity index is 2.33. The lowest BCUT2D eigenvalue weighted by Gasteiger charge is -2.37. The van der Waals surface area contributed by atoms with Gasteiger partial charge >= 0.3 is 6.05 Å². The van der Waals surface area contributed by atoms with E-state index in [1.807, 2.05) is 0 Å². The van der Waals surface area contributed by atoms with E-state index in [0.29, 0.717) is 24.2 Å². The van der Waals surface area contributed by atoms with Crippen LogP contribution in [0, 0.1) is 13.1 Å². The molecule has 81 valence electrons. The first-order chi connectivity index (χ1) is 7.11. The molecule has 0 bridgehead atoms. The number of piperidine rings is 1. The smallest absolute Gasteiger partial charge is 0.313 e. The summed E-state index contributed by atoms with van der Waals surface area (Å²) in [5.41, 5.74) is 1.23. The number of hydrogen-bond donors (Lipinski definition) is 0. The molecule has 0 aliphatic carbocycles. The number of anilines is 1. The summed E-state index contributed by atoms with van der Waals surface area (Å²) >= 11 is 0. The van der Waals surface area contributed by atoms with Gasteiger partial charge in [0.25, 0.3) is 0 Å². The molecule has 1 aromatic rings. The molecule has 0 aromatic carbocycles. The monoisotopic (exact) mass is 211 g/mol. The van der Waals surface area contributed by atoms with Crippen LogP contribution in [0.5, 0.6) is 0 Å². The molecule has 1 aliphatic heterocycles. The van der Waals surface area contributed by atoms with Crippen molar-refractivity contribution in [2.24, 2.45) is 0 Å². The maximum absolute atomic E-state index is 13.6. The van der Waals surface area contributed by atoms with Crippen molar-refractivity contribution in [3.8, 4) is 0 Å². The van der Waals surface area contributed by atoms with Crippen molar-refractivity contribution in [2.45, 2.75) is 32.2 Å². The summed E-state index contributed by atoms with van der Waals surface area (Å²) in [6, 6.07) is -1.09. The van der Waals surface area contributed by atoms with Crippen molar-refractivity contribution >= 4 is 5.69 Å². The van der Waals surface area contributed by atoms with E-state index in [0.717, 1.165) is 6.42 Å². The van der Waals surface area contributed by atoms with Gasteiger partial charge in [-0.1, -0.05) is 0 Å². The number of pyridine rings is 1. The maximum atomic E-state index is 13.6. The summed E-state index contributed by atoms with van der Waals surface area (Å²) in [6.45, 7) is 2.17. The molecule has 15 heavy (non-hydrogen) atoms. The third kappa shape index (κ3) is 1.94. The summed E-state index contributed by atoms with van der Waals surface area (Å²) in [6.07, 6.45) is 5.57. The quantitative estimate of drug-likeness (QED) is 0.664. The summed E-state index contributed by atoms with van der Waals surface area (Å²) in [7, 11) is 0. The molecule has 1 aromatic heterocycles. The van der Waals surface area contributed by atoms with E-state index in [1.54, 1.807) is 13.0 Å². The predicted octanol–water partition coefficient (Wildman–Crippen LogP) is 2.77. The Morgan fingerprint density at radius 1 is 1.47 bits per heavy atom. The molecule has 1 radical (unpaired) electrons. The zero-order valence-corrected chi connectivity index (χ0v) is 8.63. The van der Waals surface area contributed by atoms with Crippen LogP contribution in [0.25, 0.3) is 0 Å². The Bertz CT molecular complexity index is 352. The van der Waals surface area contributed by atoms with Crippen LogP contribution >= 0.6 is 0 Å². The molecule has 0 atom stereocenters. The van der Waals surface area contributed by atoms with Gasteiger partial charge in [-0.2, -0.15) is 8.78 Å². The van der Waals surface area contributed by atoms with Crippen LogP contribution in [0.4, 0.5) is 14.5 Å². The molecule has 1 aliphatic rings. The van der Waals surface area contributed by atoms with Gasteiger partial charge in [-0.25, -0.2) is 0 Å². The molecular weight excluding hydrogens is 198 g/mol. The van der Waals surface area contributed by atoms with Gasteiger partial charge in [0, 0.05) is 30.4 Å². The zero-order chi connectivity index (χ0) is 10.9. The van der Waals surface area contributed by atoms with Crippen LogP contribution in [-0.2, 0) is 0 Å². The van der Waals surface area contributed by atoms with E-state index in [1.165, 1.54) is 11.1 Å². The van der Waals surface area contributed by atoms with Gasteiger partial charge in [0.15, 0.2) is 0 Å². The molecule has 0 spiro atoms. The molecule has 4 heteroatoms. The van der Waals surface area contributed by atoms with E-state index in [-0.39, 0.29) is 6.42 Å². The van der Waals surface area contributed by atoms with Crippen LogP contribution in [-0.4, -0.2) is 17.6 Å². The first kappa shape index (κ1) is 10.3. The van der Waals surface area contributed by atoms with E-state index in [9.17, 15) is 8.78 Å². The topological polar surface area (TPSA) is 16.1 Å². The minimum absolute atomic E-state index is 0.0608. The highest BCUT2D eigenvalue weighted by molar-refractivity contribution is 5.52. The van der Waals surface area contributed by atoms with Crippen molar-refractivity contribution in [2.75, 3.05) is 11.4 Å². The molecular formula is C11H13F2N2. The van der Waals surface area contributed by atoms with Gasteiger partial charge in [-0.05, 0) is 25.8 Å². The normalized spacial score (nSPS) is 20.3. The largest absolute Gasteiger partial charge is 0.325 e. The molecule has 0 unspecified atom stereocenters. The zero-order valence-electron chi connectivity index (χ0n) is 8.63. The Kier molecular flexibility index (Phi) is 2.59. The molecule has 1 fully saturated rings. The van der Waals surface area contributed by atoms with E-state index >= 15 is 0 Å². The highest BCUT2D eigenvalue weighted by Crippen LogP contribution is 2.36. The molecule has 0 saturated carbocycles. The van der Waals surface area contributed by atoms with Crippen molar-refractivity contribution in [1.29, 1.82) is 0 Å². The summed E-state index contributed by atoms with van der Waals surface area (Å²) in [4.78, 5) is 4.96. The average Bonchev–Trinajstić information content (AvgIpc) is 2.19. The van der Waals surface area contributed by atoms with Crippen LogP contribution in [0.1, 0.15) is 24.8 Å². The van der Waals surface area contributed by atoms with Crippen LogP contribution in [0.3, 0.4) is 0 Å². The standard InChI is InChI=1S/C11H13F2N2/c1-9-8-14-6-4-10(9)15-7-3-2-5-11(15,12)13/h4,6H,2-3,5,7H2,1H3. The molecule has 0 amide bonds. The number of alkyl halides is 2. The predicted molar refractivity (Wildman–Crippen MR) is 54.0 cm³/mol. The summed E-state index contributed by atoms with van der Waals surface area (Å²) < 4.78 is 27.3. The summed E-state index contributed by atoms with van der Waals surface area (Å²) in [5.74, 6) is 0. The van der Waals surface area contributed by atoms with Crippen LogP contribution < -0.4 is 4.90 Å². The second-order valence-corrected chi connectivity index (χ2v) is 3.84. The molecule has 0 N–H and O–H groups in total. The van der Waals surface area contributed by atoms with Gasteiger partial charge in [-0.15, -0.1) is 0 Å². The number of hydrogen-bond acceptors (Lipinski definition) is 2. The minimum atomic E-state index is -2.72. The third-order valence-corrected chi connectivity index (χ3v) is 2.72. The van der Waals surface area contributed by atoms with E-state index in [4.69, 9.17) is 0 Å². The van der Waals surface area contributed by atoms with Crippen molar-refractivity contribution in [3.63, 3.8) is 0 Å². The van der Waals surface area contributed by atoms with Gasteiger partial charge in [0.05, 0.1) is 6.20 Å². The number of aryl methyl sites for hydroxylation is 1.